The molecule has 0 aromatic heterocycles. The summed E-state index contributed by atoms with van der Waals surface area (Å²) in [5, 5.41) is 13.1. The molecule has 2 aromatic rings. The van der Waals surface area contributed by atoms with Crippen LogP contribution in [0.15, 0.2) is 41.3 Å². The van der Waals surface area contributed by atoms with Gasteiger partial charge in [0.15, 0.2) is 0 Å². The van der Waals surface area contributed by atoms with E-state index in [2.05, 4.69) is 5.32 Å². The SMILES string of the molecule is COc1ccc([N+](=O)[O-])cc1/C=C1/SC(=O)N(CC(=O)Nc2cc(C)cc(C)c2)C1=O. The van der Waals surface area contributed by atoms with Gasteiger partial charge in [0.25, 0.3) is 16.8 Å². The van der Waals surface area contributed by atoms with Crippen LogP contribution in [0, 0.1) is 24.0 Å². The molecule has 1 aliphatic rings. The van der Waals surface area contributed by atoms with E-state index in [1.54, 1.807) is 12.1 Å². The molecular weight excluding hydrogens is 422 g/mol. The Morgan fingerprint density at radius 2 is 1.87 bits per heavy atom. The number of nitro groups is 1. The lowest BCUT2D eigenvalue weighted by Gasteiger charge is -2.13. The molecule has 0 atom stereocenters. The van der Waals surface area contributed by atoms with Gasteiger partial charge in [0, 0.05) is 23.4 Å². The number of nitrogens with zero attached hydrogens (tertiary/aromatic N) is 2. The molecule has 0 bridgehead atoms. The van der Waals surface area contributed by atoms with Crippen molar-refractivity contribution in [1.29, 1.82) is 0 Å². The smallest absolute Gasteiger partial charge is 0.294 e. The molecule has 0 saturated carbocycles. The highest BCUT2D eigenvalue weighted by molar-refractivity contribution is 8.18. The van der Waals surface area contributed by atoms with Crippen LogP contribution >= 0.6 is 11.8 Å². The van der Waals surface area contributed by atoms with E-state index < -0.39 is 28.5 Å². The monoisotopic (exact) mass is 441 g/mol. The van der Waals surface area contributed by atoms with Crippen molar-refractivity contribution >= 4 is 46.3 Å². The maximum atomic E-state index is 12.7. The van der Waals surface area contributed by atoms with Gasteiger partial charge < -0.3 is 10.1 Å². The third-order valence-corrected chi connectivity index (χ3v) is 5.30. The first-order valence-corrected chi connectivity index (χ1v) is 9.95. The Labute approximate surface area is 182 Å². The van der Waals surface area contributed by atoms with Crippen LogP contribution in [0.4, 0.5) is 16.2 Å². The highest BCUT2D eigenvalue weighted by Gasteiger charge is 2.36. The number of non-ortho nitro benzene ring substituents is 1. The second-order valence-electron chi connectivity index (χ2n) is 6.88. The quantitative estimate of drug-likeness (QED) is 0.410. The minimum Gasteiger partial charge on any atom is -0.496 e. The van der Waals surface area contributed by atoms with Crippen molar-refractivity contribution in [3.63, 3.8) is 0 Å². The largest absolute Gasteiger partial charge is 0.496 e. The Kier molecular flexibility index (Phi) is 6.40. The van der Waals surface area contributed by atoms with E-state index in [0.717, 1.165) is 16.0 Å². The van der Waals surface area contributed by atoms with E-state index in [9.17, 15) is 24.5 Å². The van der Waals surface area contributed by atoms with Crippen LogP contribution in [0.1, 0.15) is 16.7 Å². The minimum atomic E-state index is -0.654. The summed E-state index contributed by atoms with van der Waals surface area (Å²) in [4.78, 5) is 48.7. The number of hydrogen-bond acceptors (Lipinski definition) is 7. The topological polar surface area (TPSA) is 119 Å². The predicted octanol–water partition coefficient (Wildman–Crippen LogP) is 3.90. The normalized spacial score (nSPS) is 14.8. The number of amides is 3. The fourth-order valence-corrected chi connectivity index (χ4v) is 3.95. The molecule has 3 amide bonds. The number of carbonyl (C=O) groups is 3. The molecule has 10 heteroatoms. The summed E-state index contributed by atoms with van der Waals surface area (Å²) < 4.78 is 5.18. The highest BCUT2D eigenvalue weighted by atomic mass is 32.2. The van der Waals surface area contributed by atoms with E-state index in [1.165, 1.54) is 31.4 Å². The lowest BCUT2D eigenvalue weighted by molar-refractivity contribution is -0.384. The van der Waals surface area contributed by atoms with Crippen molar-refractivity contribution in [2.24, 2.45) is 0 Å². The van der Waals surface area contributed by atoms with Crippen LogP contribution < -0.4 is 10.1 Å². The number of rotatable bonds is 6. The molecule has 0 aliphatic carbocycles. The van der Waals surface area contributed by atoms with Gasteiger partial charge in [-0.05, 0) is 61.0 Å². The highest BCUT2D eigenvalue weighted by Crippen LogP contribution is 2.35. The van der Waals surface area contributed by atoms with Gasteiger partial charge in [-0.1, -0.05) is 6.07 Å². The summed E-state index contributed by atoms with van der Waals surface area (Å²) in [6.45, 7) is 3.35. The Bertz CT molecular complexity index is 1110. The Morgan fingerprint density at radius 3 is 2.48 bits per heavy atom. The number of hydrogen-bond donors (Lipinski definition) is 1. The zero-order chi connectivity index (χ0) is 22.7. The van der Waals surface area contributed by atoms with Crippen molar-refractivity contribution in [1.82, 2.24) is 4.90 Å². The molecule has 160 valence electrons. The molecule has 0 unspecified atom stereocenters. The number of nitro benzene ring substituents is 1. The van der Waals surface area contributed by atoms with Gasteiger partial charge in [0.05, 0.1) is 16.9 Å². The molecule has 0 spiro atoms. The Hall–Kier alpha value is -3.66. The second-order valence-corrected chi connectivity index (χ2v) is 7.87. The van der Waals surface area contributed by atoms with Crippen molar-refractivity contribution < 1.29 is 24.0 Å². The Balaban J connectivity index is 1.78. The fraction of sp³-hybridized carbons (Fsp3) is 0.190. The lowest BCUT2D eigenvalue weighted by atomic mass is 10.1. The van der Waals surface area contributed by atoms with Gasteiger partial charge in [-0.15, -0.1) is 0 Å². The van der Waals surface area contributed by atoms with Gasteiger partial charge in [0.2, 0.25) is 5.91 Å². The maximum Gasteiger partial charge on any atom is 0.294 e. The van der Waals surface area contributed by atoms with Gasteiger partial charge in [-0.2, -0.15) is 0 Å². The molecule has 3 rings (SSSR count). The van der Waals surface area contributed by atoms with Crippen molar-refractivity contribution in [3.8, 4) is 5.75 Å². The van der Waals surface area contributed by atoms with Crippen molar-refractivity contribution in [3.05, 3.63) is 68.1 Å². The van der Waals surface area contributed by atoms with Gasteiger partial charge in [0.1, 0.15) is 12.3 Å². The minimum absolute atomic E-state index is 0.0444. The van der Waals surface area contributed by atoms with Crippen molar-refractivity contribution in [2.75, 3.05) is 19.0 Å². The third kappa shape index (κ3) is 5.10. The third-order valence-electron chi connectivity index (χ3n) is 4.39. The van der Waals surface area contributed by atoms with Crippen LogP contribution in [-0.2, 0) is 9.59 Å². The molecular formula is C21H19N3O6S. The van der Waals surface area contributed by atoms with E-state index in [0.29, 0.717) is 23.2 Å². The second kappa shape index (κ2) is 9.00. The number of carbonyl (C=O) groups excluding carboxylic acids is 3. The van der Waals surface area contributed by atoms with Gasteiger partial charge in [-0.3, -0.25) is 29.4 Å². The first-order chi connectivity index (χ1) is 14.7. The van der Waals surface area contributed by atoms with Crippen LogP contribution in [0.25, 0.3) is 6.08 Å². The summed E-state index contributed by atoms with van der Waals surface area (Å²) in [7, 11) is 1.39. The van der Waals surface area contributed by atoms with Gasteiger partial charge in [-0.25, -0.2) is 0 Å². The Morgan fingerprint density at radius 1 is 1.19 bits per heavy atom. The fourth-order valence-electron chi connectivity index (χ4n) is 3.12. The summed E-state index contributed by atoms with van der Waals surface area (Å²) in [5.41, 5.74) is 2.61. The van der Waals surface area contributed by atoms with Crippen LogP contribution in [-0.4, -0.2) is 40.5 Å². The number of aryl methyl sites for hydroxylation is 2. The molecule has 31 heavy (non-hydrogen) atoms. The summed E-state index contributed by atoms with van der Waals surface area (Å²) >= 11 is 0.656. The van der Waals surface area contributed by atoms with E-state index in [1.807, 2.05) is 19.9 Å². The molecule has 2 aromatic carbocycles. The number of ether oxygens (including phenoxy) is 1. The molecule has 1 N–H and O–H groups in total. The summed E-state index contributed by atoms with van der Waals surface area (Å²) in [5.74, 6) is -0.856. The van der Waals surface area contributed by atoms with Crippen molar-refractivity contribution in [2.45, 2.75) is 13.8 Å². The number of methoxy groups -OCH3 is 1. The molecule has 1 fully saturated rings. The van der Waals surface area contributed by atoms with Crippen LogP contribution in [0.5, 0.6) is 5.75 Å². The van der Waals surface area contributed by atoms with Crippen LogP contribution in [0.3, 0.4) is 0 Å². The zero-order valence-corrected chi connectivity index (χ0v) is 17.8. The summed E-state index contributed by atoms with van der Waals surface area (Å²) in [6, 6.07) is 9.46. The molecule has 9 nitrogen and oxygen atoms in total. The van der Waals surface area contributed by atoms with E-state index in [4.69, 9.17) is 4.74 Å². The number of nitrogens with one attached hydrogen (secondary N) is 1. The average molecular weight is 441 g/mol. The molecule has 1 aliphatic heterocycles. The predicted molar refractivity (Wildman–Crippen MR) is 117 cm³/mol. The average Bonchev–Trinajstić information content (AvgIpc) is 2.94. The first kappa shape index (κ1) is 22.0. The van der Waals surface area contributed by atoms with Gasteiger partial charge >= 0.3 is 0 Å². The number of imide groups is 1. The lowest BCUT2D eigenvalue weighted by Crippen LogP contribution is -2.36. The number of anilines is 1. The van der Waals surface area contributed by atoms with E-state index >= 15 is 0 Å². The van der Waals surface area contributed by atoms with E-state index in [-0.39, 0.29) is 16.2 Å². The maximum absolute atomic E-state index is 12.7. The number of thioether (sulfide) groups is 1. The first-order valence-electron chi connectivity index (χ1n) is 9.14. The molecule has 0 radical (unpaired) electrons. The standard InChI is InChI=1S/C21H19N3O6S/c1-12-6-13(2)8-15(7-12)22-19(25)11-23-20(26)18(31-21(23)27)10-14-9-16(24(28)29)4-5-17(14)30-3/h4-10H,11H2,1-3H3,(H,22,25)/b18-10+. The van der Waals surface area contributed by atoms with Crippen LogP contribution in [0.2, 0.25) is 0 Å². The number of benzene rings is 2. The summed E-state index contributed by atoms with van der Waals surface area (Å²) in [6.07, 6.45) is 1.35. The zero-order valence-electron chi connectivity index (χ0n) is 17.0. The molecule has 1 heterocycles. The molecule has 1 saturated heterocycles.